The van der Waals surface area contributed by atoms with Crippen molar-refractivity contribution in [2.45, 2.75) is 25.8 Å². The van der Waals surface area contributed by atoms with Crippen molar-refractivity contribution in [1.29, 1.82) is 0 Å². The molecular weight excluding hydrogens is 352 g/mol. The molecule has 0 bridgehead atoms. The fourth-order valence-electron chi connectivity index (χ4n) is 3.91. The van der Waals surface area contributed by atoms with E-state index in [0.29, 0.717) is 19.4 Å². The minimum absolute atomic E-state index is 0.0892. The van der Waals surface area contributed by atoms with Gasteiger partial charge in [-0.05, 0) is 68.2 Å². The number of likely N-dealkylation sites (tertiary alicyclic amines) is 1. The van der Waals surface area contributed by atoms with Gasteiger partial charge in [0.25, 0.3) is 0 Å². The van der Waals surface area contributed by atoms with Gasteiger partial charge >= 0.3 is 5.97 Å². The lowest BCUT2D eigenvalue weighted by Crippen LogP contribution is -2.39. The van der Waals surface area contributed by atoms with Crippen LogP contribution in [0, 0.1) is 5.92 Å². The number of carboxylic acids is 1. The number of benzene rings is 2. The molecule has 5 heteroatoms. The number of carbonyl (C=O) groups is 1. The smallest absolute Gasteiger partial charge is 0.306 e. The van der Waals surface area contributed by atoms with E-state index in [2.05, 4.69) is 46.2 Å². The second-order valence-corrected chi connectivity index (χ2v) is 7.54. The van der Waals surface area contributed by atoms with Gasteiger partial charge in [0.1, 0.15) is 5.75 Å². The van der Waals surface area contributed by atoms with Crippen molar-refractivity contribution in [3.05, 3.63) is 59.7 Å². The van der Waals surface area contributed by atoms with Gasteiger partial charge in [-0.2, -0.15) is 0 Å². The molecule has 1 aliphatic rings. The van der Waals surface area contributed by atoms with Gasteiger partial charge in [-0.1, -0.05) is 24.3 Å². The summed E-state index contributed by atoms with van der Waals surface area (Å²) in [4.78, 5) is 15.8. The van der Waals surface area contributed by atoms with Gasteiger partial charge < -0.3 is 14.7 Å². The van der Waals surface area contributed by atoms with Crippen molar-refractivity contribution in [2.75, 3.05) is 38.7 Å². The van der Waals surface area contributed by atoms with Crippen LogP contribution in [0.15, 0.2) is 48.5 Å². The van der Waals surface area contributed by atoms with E-state index in [1.807, 2.05) is 33.2 Å². The van der Waals surface area contributed by atoms with E-state index in [1.54, 1.807) is 0 Å². The Labute approximate surface area is 167 Å². The Balaban J connectivity index is 1.92. The lowest BCUT2D eigenvalue weighted by atomic mass is 9.91. The molecule has 2 aromatic carbocycles. The fraction of sp³-hybridized carbons (Fsp3) is 0.435. The first-order chi connectivity index (χ1) is 13.5. The molecule has 1 N–H and O–H groups in total. The lowest BCUT2D eigenvalue weighted by Gasteiger charge is -2.37. The molecule has 0 spiro atoms. The van der Waals surface area contributed by atoms with E-state index in [-0.39, 0.29) is 12.0 Å². The molecule has 1 unspecified atom stereocenters. The first kappa shape index (κ1) is 20.2. The monoisotopic (exact) mass is 382 g/mol. The van der Waals surface area contributed by atoms with E-state index in [4.69, 9.17) is 4.74 Å². The van der Waals surface area contributed by atoms with Gasteiger partial charge in [0, 0.05) is 19.8 Å². The largest absolute Gasteiger partial charge is 0.494 e. The molecule has 0 aromatic heterocycles. The summed E-state index contributed by atoms with van der Waals surface area (Å²) < 4.78 is 5.72. The molecule has 150 valence electrons. The lowest BCUT2D eigenvalue weighted by molar-refractivity contribution is -0.143. The Bertz CT molecular complexity index is 781. The molecule has 1 saturated heterocycles. The van der Waals surface area contributed by atoms with Crippen LogP contribution in [-0.2, 0) is 4.79 Å². The topological polar surface area (TPSA) is 53.0 Å². The molecule has 3 rings (SSSR count). The van der Waals surface area contributed by atoms with Crippen LogP contribution in [0.5, 0.6) is 5.75 Å². The van der Waals surface area contributed by atoms with E-state index >= 15 is 0 Å². The first-order valence-electron chi connectivity index (χ1n) is 9.96. The van der Waals surface area contributed by atoms with Crippen molar-refractivity contribution < 1.29 is 14.6 Å². The normalized spacial score (nSPS) is 16.5. The molecule has 1 atom stereocenters. The van der Waals surface area contributed by atoms with E-state index in [9.17, 15) is 9.90 Å². The molecule has 1 aliphatic heterocycles. The fourth-order valence-corrected chi connectivity index (χ4v) is 3.91. The molecular formula is C23H30N2O3. The molecule has 0 aliphatic carbocycles. The quantitative estimate of drug-likeness (QED) is 0.783. The minimum atomic E-state index is -0.676. The molecule has 1 fully saturated rings. The van der Waals surface area contributed by atoms with Crippen LogP contribution in [0.3, 0.4) is 0 Å². The minimum Gasteiger partial charge on any atom is -0.494 e. The van der Waals surface area contributed by atoms with Crippen molar-refractivity contribution in [2.24, 2.45) is 5.92 Å². The summed E-state index contributed by atoms with van der Waals surface area (Å²) in [6.45, 7) is 4.17. The zero-order chi connectivity index (χ0) is 20.1. The van der Waals surface area contributed by atoms with Crippen molar-refractivity contribution in [3.8, 4) is 5.75 Å². The number of rotatable bonds is 7. The van der Waals surface area contributed by atoms with Gasteiger partial charge in [0.2, 0.25) is 0 Å². The Morgan fingerprint density at radius 2 is 1.82 bits per heavy atom. The summed E-state index contributed by atoms with van der Waals surface area (Å²) in [5.41, 5.74) is 3.56. The van der Waals surface area contributed by atoms with Crippen molar-refractivity contribution >= 4 is 11.7 Å². The van der Waals surface area contributed by atoms with Gasteiger partial charge in [-0.3, -0.25) is 9.69 Å². The zero-order valence-corrected chi connectivity index (χ0v) is 17.0. The average Bonchev–Trinajstić information content (AvgIpc) is 2.69. The second kappa shape index (κ2) is 9.11. The van der Waals surface area contributed by atoms with Crippen LogP contribution in [0.1, 0.15) is 36.9 Å². The number of hydrogen-bond acceptors (Lipinski definition) is 4. The van der Waals surface area contributed by atoms with Gasteiger partial charge in [0.15, 0.2) is 0 Å². The maximum absolute atomic E-state index is 11.3. The molecule has 0 saturated carbocycles. The van der Waals surface area contributed by atoms with Crippen molar-refractivity contribution in [3.63, 3.8) is 0 Å². The predicted octanol–water partition coefficient (Wildman–Crippen LogP) is 4.04. The number of carboxylic acid groups (broad SMARTS) is 1. The van der Waals surface area contributed by atoms with Crippen LogP contribution in [-0.4, -0.2) is 49.8 Å². The molecule has 5 nitrogen and oxygen atoms in total. The highest BCUT2D eigenvalue weighted by Crippen LogP contribution is 2.34. The number of anilines is 1. The summed E-state index contributed by atoms with van der Waals surface area (Å²) in [6.07, 6.45) is 1.37. The summed E-state index contributed by atoms with van der Waals surface area (Å²) in [5, 5.41) is 9.34. The third-order valence-electron chi connectivity index (χ3n) is 5.45. The number of aliphatic carboxylic acids is 1. The summed E-state index contributed by atoms with van der Waals surface area (Å²) in [7, 11) is 4.07. The number of nitrogens with zero attached hydrogens (tertiary/aromatic N) is 2. The maximum atomic E-state index is 11.3. The third-order valence-corrected chi connectivity index (χ3v) is 5.45. The third kappa shape index (κ3) is 4.65. The molecule has 1 heterocycles. The van der Waals surface area contributed by atoms with Crippen LogP contribution in [0.4, 0.5) is 5.69 Å². The Morgan fingerprint density at radius 1 is 1.14 bits per heavy atom. The molecule has 28 heavy (non-hydrogen) atoms. The highest BCUT2D eigenvalue weighted by Gasteiger charge is 2.30. The highest BCUT2D eigenvalue weighted by molar-refractivity contribution is 5.70. The van der Waals surface area contributed by atoms with E-state index < -0.39 is 5.97 Å². The van der Waals surface area contributed by atoms with Gasteiger partial charge in [-0.25, -0.2) is 0 Å². The van der Waals surface area contributed by atoms with E-state index in [0.717, 1.165) is 24.5 Å². The standard InChI is InChI=1S/C23H30N2O3/c1-4-28-21-7-5-6-19(16-21)22(17-8-10-20(11-9-17)24(2)3)25-14-12-18(13-15-25)23(26)27/h5-11,16,18,22H,4,12-15H2,1-3H3,(H,26,27). The average molecular weight is 383 g/mol. The highest BCUT2D eigenvalue weighted by atomic mass is 16.5. The maximum Gasteiger partial charge on any atom is 0.306 e. The summed E-state index contributed by atoms with van der Waals surface area (Å²) in [6, 6.07) is 17.0. The number of hydrogen-bond donors (Lipinski definition) is 1. The van der Waals surface area contributed by atoms with Crippen molar-refractivity contribution in [1.82, 2.24) is 4.90 Å². The second-order valence-electron chi connectivity index (χ2n) is 7.54. The molecule has 0 radical (unpaired) electrons. The van der Waals surface area contributed by atoms with Crippen LogP contribution < -0.4 is 9.64 Å². The molecule has 2 aromatic rings. The zero-order valence-electron chi connectivity index (χ0n) is 17.0. The number of piperidine rings is 1. The first-order valence-corrected chi connectivity index (χ1v) is 9.96. The SMILES string of the molecule is CCOc1cccc(C(c2ccc(N(C)C)cc2)N2CCC(C(=O)O)CC2)c1. The van der Waals surface area contributed by atoms with Crippen LogP contribution in [0.2, 0.25) is 0 Å². The Kier molecular flexibility index (Phi) is 6.57. The Hall–Kier alpha value is -2.53. The summed E-state index contributed by atoms with van der Waals surface area (Å²) >= 11 is 0. The van der Waals surface area contributed by atoms with Gasteiger partial charge in [0.05, 0.1) is 18.6 Å². The van der Waals surface area contributed by atoms with Crippen LogP contribution in [0.25, 0.3) is 0 Å². The predicted molar refractivity (Wildman–Crippen MR) is 112 cm³/mol. The Morgan fingerprint density at radius 3 is 2.39 bits per heavy atom. The van der Waals surface area contributed by atoms with Crippen LogP contribution >= 0.6 is 0 Å². The molecule has 0 amide bonds. The van der Waals surface area contributed by atoms with E-state index in [1.165, 1.54) is 11.1 Å². The summed E-state index contributed by atoms with van der Waals surface area (Å²) in [5.74, 6) is -0.0389. The number of ether oxygens (including phenoxy) is 1. The van der Waals surface area contributed by atoms with Gasteiger partial charge in [-0.15, -0.1) is 0 Å².